The number of carbonyl (C=O) groups excluding carboxylic acids is 3. The molecule has 1 N–H and O–H groups in total. The van der Waals surface area contributed by atoms with Gasteiger partial charge in [0.2, 0.25) is 5.96 Å². The molecule has 1 aliphatic rings. The Balaban J connectivity index is 1.74. The Kier molecular flexibility index (Phi) is 8.86. The third-order valence-corrected chi connectivity index (χ3v) is 5.38. The molecule has 1 fully saturated rings. The van der Waals surface area contributed by atoms with Gasteiger partial charge in [-0.25, -0.2) is 19.6 Å². The number of halogens is 1. The molecule has 0 bridgehead atoms. The molecule has 1 saturated heterocycles. The van der Waals surface area contributed by atoms with Crippen molar-refractivity contribution in [3.8, 4) is 0 Å². The fraction of sp³-hybridized carbons (Fsp3) is 0.360. The summed E-state index contributed by atoms with van der Waals surface area (Å²) in [6, 6.07) is 16.3. The largest absolute Gasteiger partial charge is 0.443 e. The predicted molar refractivity (Wildman–Crippen MR) is 135 cm³/mol. The van der Waals surface area contributed by atoms with E-state index in [4.69, 9.17) is 9.47 Å². The van der Waals surface area contributed by atoms with Gasteiger partial charge in [0.05, 0.1) is 6.54 Å². The Morgan fingerprint density at radius 3 is 2.31 bits per heavy atom. The van der Waals surface area contributed by atoms with Crippen molar-refractivity contribution in [2.45, 2.75) is 39.4 Å². The van der Waals surface area contributed by atoms with E-state index < -0.39 is 17.8 Å². The average molecular weight is 545 g/mol. The summed E-state index contributed by atoms with van der Waals surface area (Å²) in [5.41, 5.74) is 0.600. The number of aliphatic imine (C=N–C) groups is 1. The summed E-state index contributed by atoms with van der Waals surface area (Å²) in [5.74, 6) is -0.161. The molecule has 186 valence electrons. The standard InChI is InChI=1S/C25H29BrN4O5/c1-25(2,3)35-23(32)28-22(27-16-21(31)19-10-12-20(26)13-11-19)29-14-7-15-30(29)24(33)34-17-18-8-5-4-6-9-18/h4-6,8-13H,7,14-17H2,1-3H3,(H,27,28,32). The van der Waals surface area contributed by atoms with Gasteiger partial charge in [-0.15, -0.1) is 4.99 Å². The van der Waals surface area contributed by atoms with Crippen LogP contribution in [0.4, 0.5) is 9.59 Å². The molecule has 9 nitrogen and oxygen atoms in total. The van der Waals surface area contributed by atoms with Gasteiger partial charge >= 0.3 is 12.2 Å². The molecule has 2 amide bonds. The molecular weight excluding hydrogens is 516 g/mol. The minimum atomic E-state index is -0.833. The maximum absolute atomic E-state index is 12.8. The normalized spacial score (nSPS) is 14.0. The Labute approximate surface area is 213 Å². The number of hydrogen-bond donors (Lipinski definition) is 1. The zero-order valence-corrected chi connectivity index (χ0v) is 21.6. The van der Waals surface area contributed by atoms with Crippen LogP contribution in [0.15, 0.2) is 64.1 Å². The quantitative estimate of drug-likeness (QED) is 0.328. The number of benzene rings is 2. The van der Waals surface area contributed by atoms with Gasteiger partial charge in [0.25, 0.3) is 0 Å². The number of hydrazine groups is 1. The van der Waals surface area contributed by atoms with Crippen molar-refractivity contribution in [1.82, 2.24) is 15.3 Å². The minimum absolute atomic E-state index is 0.0406. The van der Waals surface area contributed by atoms with Crippen molar-refractivity contribution in [2.75, 3.05) is 19.6 Å². The van der Waals surface area contributed by atoms with Crippen LogP contribution in [0.25, 0.3) is 0 Å². The minimum Gasteiger partial charge on any atom is -0.443 e. The van der Waals surface area contributed by atoms with Crippen molar-refractivity contribution in [3.63, 3.8) is 0 Å². The zero-order chi connectivity index (χ0) is 25.4. The Bertz CT molecular complexity index is 1070. The lowest BCUT2D eigenvalue weighted by molar-refractivity contribution is 0.0442. The van der Waals surface area contributed by atoms with Crippen LogP contribution < -0.4 is 5.32 Å². The van der Waals surface area contributed by atoms with E-state index in [9.17, 15) is 14.4 Å². The lowest BCUT2D eigenvalue weighted by atomic mass is 10.1. The van der Waals surface area contributed by atoms with Crippen molar-refractivity contribution in [1.29, 1.82) is 0 Å². The molecule has 0 saturated carbocycles. The van der Waals surface area contributed by atoms with E-state index in [2.05, 4.69) is 26.2 Å². The monoisotopic (exact) mass is 544 g/mol. The fourth-order valence-electron chi connectivity index (χ4n) is 3.27. The highest BCUT2D eigenvalue weighted by Crippen LogP contribution is 2.16. The number of carbonyl (C=O) groups is 3. The van der Waals surface area contributed by atoms with Crippen LogP contribution in [0.5, 0.6) is 0 Å². The van der Waals surface area contributed by atoms with Crippen LogP contribution in [-0.4, -0.2) is 59.2 Å². The molecule has 0 unspecified atom stereocenters. The van der Waals surface area contributed by atoms with Crippen molar-refractivity contribution in [3.05, 3.63) is 70.2 Å². The number of nitrogens with zero attached hydrogens (tertiary/aromatic N) is 3. The van der Waals surface area contributed by atoms with Crippen LogP contribution in [0.2, 0.25) is 0 Å². The van der Waals surface area contributed by atoms with Gasteiger partial charge in [0.15, 0.2) is 5.78 Å². The summed E-state index contributed by atoms with van der Waals surface area (Å²) < 4.78 is 11.6. The third-order valence-electron chi connectivity index (χ3n) is 4.86. The van der Waals surface area contributed by atoms with E-state index in [1.54, 1.807) is 45.0 Å². The van der Waals surface area contributed by atoms with Crippen LogP contribution in [-0.2, 0) is 16.1 Å². The van der Waals surface area contributed by atoms with E-state index in [1.807, 2.05) is 30.3 Å². The van der Waals surface area contributed by atoms with E-state index in [-0.39, 0.29) is 24.9 Å². The van der Waals surface area contributed by atoms with Gasteiger partial charge in [0, 0.05) is 23.1 Å². The third kappa shape index (κ3) is 8.10. The number of rotatable bonds is 5. The molecular formula is C25H29BrN4O5. The zero-order valence-electron chi connectivity index (χ0n) is 20.0. The molecule has 0 aliphatic carbocycles. The molecule has 1 aliphatic heterocycles. The summed E-state index contributed by atoms with van der Waals surface area (Å²) >= 11 is 3.35. The van der Waals surface area contributed by atoms with Crippen LogP contribution in [0, 0.1) is 0 Å². The van der Waals surface area contributed by atoms with Crippen molar-refractivity contribution < 1.29 is 23.9 Å². The number of Topliss-reactive ketones (excluding diaryl/α,β-unsaturated/α-hetero) is 1. The number of guanidine groups is 1. The van der Waals surface area contributed by atoms with Gasteiger partial charge in [-0.2, -0.15) is 0 Å². The second-order valence-electron chi connectivity index (χ2n) is 8.84. The fourth-order valence-corrected chi connectivity index (χ4v) is 3.54. The van der Waals surface area contributed by atoms with Gasteiger partial charge in [0.1, 0.15) is 12.2 Å². The Hall–Kier alpha value is -3.40. The van der Waals surface area contributed by atoms with Gasteiger partial charge in [-0.05, 0) is 44.9 Å². The summed E-state index contributed by atoms with van der Waals surface area (Å²) in [4.78, 5) is 42.0. The summed E-state index contributed by atoms with van der Waals surface area (Å²) in [7, 11) is 0. The first kappa shape index (κ1) is 26.2. The average Bonchev–Trinajstić information content (AvgIpc) is 3.30. The highest BCUT2D eigenvalue weighted by atomic mass is 79.9. The lowest BCUT2D eigenvalue weighted by Crippen LogP contribution is -2.51. The van der Waals surface area contributed by atoms with E-state index in [1.165, 1.54) is 10.0 Å². The van der Waals surface area contributed by atoms with Gasteiger partial charge in [-0.1, -0.05) is 58.4 Å². The molecule has 0 spiro atoms. The van der Waals surface area contributed by atoms with E-state index in [0.29, 0.717) is 25.1 Å². The SMILES string of the molecule is CC(C)(C)OC(=O)/N=C(\NCC(=O)c1ccc(Br)cc1)N1CCCN1C(=O)OCc1ccccc1. The van der Waals surface area contributed by atoms with Crippen LogP contribution >= 0.6 is 15.9 Å². The van der Waals surface area contributed by atoms with Crippen LogP contribution in [0.3, 0.4) is 0 Å². The molecule has 2 aromatic carbocycles. The first-order valence-corrected chi connectivity index (χ1v) is 12.0. The molecule has 0 aromatic heterocycles. The lowest BCUT2D eigenvalue weighted by Gasteiger charge is -2.30. The predicted octanol–water partition coefficient (Wildman–Crippen LogP) is 4.77. The summed E-state index contributed by atoms with van der Waals surface area (Å²) in [6.07, 6.45) is -0.777. The number of amides is 2. The Morgan fingerprint density at radius 1 is 1.00 bits per heavy atom. The van der Waals surface area contributed by atoms with E-state index in [0.717, 1.165) is 10.0 Å². The van der Waals surface area contributed by atoms with Crippen molar-refractivity contribution >= 4 is 39.9 Å². The highest BCUT2D eigenvalue weighted by Gasteiger charge is 2.32. The summed E-state index contributed by atoms with van der Waals surface area (Å²) in [5, 5.41) is 5.78. The number of hydrogen-bond acceptors (Lipinski definition) is 5. The first-order valence-electron chi connectivity index (χ1n) is 11.2. The molecule has 3 rings (SSSR count). The van der Waals surface area contributed by atoms with Gasteiger partial charge < -0.3 is 14.8 Å². The maximum atomic E-state index is 12.8. The molecule has 35 heavy (non-hydrogen) atoms. The number of nitrogens with one attached hydrogen (secondary N) is 1. The molecule has 1 heterocycles. The van der Waals surface area contributed by atoms with E-state index >= 15 is 0 Å². The second kappa shape index (κ2) is 11.8. The summed E-state index contributed by atoms with van der Waals surface area (Å²) in [6.45, 7) is 5.95. The molecule has 10 heteroatoms. The smallest absolute Gasteiger partial charge is 0.437 e. The van der Waals surface area contributed by atoms with Crippen molar-refractivity contribution in [2.24, 2.45) is 4.99 Å². The highest BCUT2D eigenvalue weighted by molar-refractivity contribution is 9.10. The molecule has 0 radical (unpaired) electrons. The maximum Gasteiger partial charge on any atom is 0.437 e. The topological polar surface area (TPSA) is 101 Å². The Morgan fingerprint density at radius 2 is 1.66 bits per heavy atom. The molecule has 2 aromatic rings. The molecule has 0 atom stereocenters. The van der Waals surface area contributed by atoms with Crippen LogP contribution in [0.1, 0.15) is 43.1 Å². The first-order chi connectivity index (χ1) is 16.6. The number of ketones is 1. The second-order valence-corrected chi connectivity index (χ2v) is 9.76. The van der Waals surface area contributed by atoms with Gasteiger partial charge in [-0.3, -0.25) is 4.79 Å². The number of ether oxygens (including phenoxy) is 2.